The highest BCUT2D eigenvalue weighted by Crippen LogP contribution is 2.10. The molecule has 0 N–H and O–H groups in total. The van der Waals surface area contributed by atoms with Crippen LogP contribution in [0, 0.1) is 0 Å². The maximum absolute atomic E-state index is 4.48. The minimum absolute atomic E-state index is 0.409. The van der Waals surface area contributed by atoms with Gasteiger partial charge >= 0.3 is 0 Å². The minimum Gasteiger partial charge on any atom is -0.300 e. The van der Waals surface area contributed by atoms with Gasteiger partial charge in [0.05, 0.1) is 0 Å². The Bertz CT molecular complexity index is 132. The summed E-state index contributed by atoms with van der Waals surface area (Å²) in [5, 5.41) is 0.409. The molecule has 1 heterocycles. The molecule has 1 rings (SSSR count). The fourth-order valence-electron chi connectivity index (χ4n) is 1.85. The zero-order valence-electron chi connectivity index (χ0n) is 9.03. The van der Waals surface area contributed by atoms with Crippen molar-refractivity contribution >= 4 is 12.6 Å². The van der Waals surface area contributed by atoms with Crippen molar-refractivity contribution in [3.63, 3.8) is 0 Å². The van der Waals surface area contributed by atoms with Gasteiger partial charge in [0.2, 0.25) is 0 Å². The predicted molar refractivity (Wildman–Crippen MR) is 61.3 cm³/mol. The quantitative estimate of drug-likeness (QED) is 0.681. The summed E-state index contributed by atoms with van der Waals surface area (Å²) in [5.41, 5.74) is 0. The SMILES string of the molecule is CC(C)N1CCCN(C(C)S)CC1. The van der Waals surface area contributed by atoms with Crippen LogP contribution in [0.1, 0.15) is 27.2 Å². The van der Waals surface area contributed by atoms with Gasteiger partial charge in [-0.1, -0.05) is 0 Å². The molecule has 0 spiro atoms. The lowest BCUT2D eigenvalue weighted by Gasteiger charge is -2.26. The molecular formula is C10H22N2S. The first-order valence-electron chi connectivity index (χ1n) is 5.27. The van der Waals surface area contributed by atoms with Gasteiger partial charge in [0.15, 0.2) is 0 Å². The van der Waals surface area contributed by atoms with Crippen LogP contribution in [0.2, 0.25) is 0 Å². The molecule has 0 aromatic heterocycles. The summed E-state index contributed by atoms with van der Waals surface area (Å²) in [6.07, 6.45) is 1.28. The van der Waals surface area contributed by atoms with Crippen LogP contribution in [-0.4, -0.2) is 47.4 Å². The van der Waals surface area contributed by atoms with E-state index in [4.69, 9.17) is 0 Å². The summed E-state index contributed by atoms with van der Waals surface area (Å²) in [6, 6.07) is 0.690. The number of hydrogen-bond acceptors (Lipinski definition) is 3. The van der Waals surface area contributed by atoms with E-state index < -0.39 is 0 Å². The molecule has 1 unspecified atom stereocenters. The van der Waals surface area contributed by atoms with Crippen molar-refractivity contribution < 1.29 is 0 Å². The van der Waals surface area contributed by atoms with Crippen LogP contribution < -0.4 is 0 Å². The van der Waals surface area contributed by atoms with Crippen molar-refractivity contribution in [2.75, 3.05) is 26.2 Å². The molecular weight excluding hydrogens is 180 g/mol. The number of hydrogen-bond donors (Lipinski definition) is 1. The van der Waals surface area contributed by atoms with Gasteiger partial charge in [-0.05, 0) is 33.7 Å². The van der Waals surface area contributed by atoms with Crippen LogP contribution in [0.15, 0.2) is 0 Å². The molecule has 0 bridgehead atoms. The standard InChI is InChI=1S/C10H22N2S/c1-9(2)11-5-4-6-12(8-7-11)10(3)13/h9-10,13H,4-8H2,1-3H3. The molecule has 0 aromatic carbocycles. The Morgan fingerprint density at radius 3 is 2.00 bits per heavy atom. The summed E-state index contributed by atoms with van der Waals surface area (Å²) in [4.78, 5) is 5.00. The monoisotopic (exact) mass is 202 g/mol. The third kappa shape index (κ3) is 3.49. The molecule has 1 aliphatic heterocycles. The second-order valence-corrected chi connectivity index (χ2v) is 4.90. The summed E-state index contributed by atoms with van der Waals surface area (Å²) in [5.74, 6) is 0. The van der Waals surface area contributed by atoms with Crippen molar-refractivity contribution in [2.24, 2.45) is 0 Å². The minimum atomic E-state index is 0.409. The Kier molecular flexibility index (Phi) is 4.56. The van der Waals surface area contributed by atoms with E-state index in [1.54, 1.807) is 0 Å². The molecule has 1 atom stereocenters. The lowest BCUT2D eigenvalue weighted by Crippen LogP contribution is -2.36. The van der Waals surface area contributed by atoms with E-state index >= 15 is 0 Å². The summed E-state index contributed by atoms with van der Waals surface area (Å²) < 4.78 is 0. The van der Waals surface area contributed by atoms with Crippen molar-refractivity contribution in [1.82, 2.24) is 9.80 Å². The van der Waals surface area contributed by atoms with Gasteiger partial charge in [0.1, 0.15) is 0 Å². The summed E-state index contributed by atoms with van der Waals surface area (Å²) in [7, 11) is 0. The Morgan fingerprint density at radius 1 is 0.923 bits per heavy atom. The molecule has 13 heavy (non-hydrogen) atoms. The van der Waals surface area contributed by atoms with E-state index in [0.717, 1.165) is 0 Å². The second kappa shape index (κ2) is 5.23. The van der Waals surface area contributed by atoms with E-state index in [0.29, 0.717) is 11.4 Å². The molecule has 1 fully saturated rings. The molecule has 1 aliphatic rings. The molecule has 2 nitrogen and oxygen atoms in total. The third-order valence-corrected chi connectivity index (χ3v) is 3.15. The van der Waals surface area contributed by atoms with Gasteiger partial charge in [-0.25, -0.2) is 0 Å². The maximum atomic E-state index is 4.48. The predicted octanol–water partition coefficient (Wildman–Crippen LogP) is 1.68. The maximum Gasteiger partial charge on any atom is 0.0499 e. The van der Waals surface area contributed by atoms with Gasteiger partial charge in [0.25, 0.3) is 0 Å². The van der Waals surface area contributed by atoms with Crippen molar-refractivity contribution in [1.29, 1.82) is 0 Å². The van der Waals surface area contributed by atoms with E-state index in [2.05, 4.69) is 43.2 Å². The van der Waals surface area contributed by atoms with E-state index in [1.165, 1.54) is 32.6 Å². The van der Waals surface area contributed by atoms with Gasteiger partial charge in [-0.15, -0.1) is 0 Å². The second-order valence-electron chi connectivity index (χ2n) is 4.15. The zero-order valence-corrected chi connectivity index (χ0v) is 9.93. The van der Waals surface area contributed by atoms with Crippen molar-refractivity contribution in [3.8, 4) is 0 Å². The topological polar surface area (TPSA) is 6.48 Å². The van der Waals surface area contributed by atoms with Gasteiger partial charge < -0.3 is 0 Å². The average Bonchev–Trinajstić information content (AvgIpc) is 2.27. The number of rotatable bonds is 2. The molecule has 78 valence electrons. The summed E-state index contributed by atoms with van der Waals surface area (Å²) >= 11 is 4.48. The Morgan fingerprint density at radius 2 is 1.46 bits per heavy atom. The lowest BCUT2D eigenvalue weighted by atomic mass is 10.3. The van der Waals surface area contributed by atoms with Crippen molar-refractivity contribution in [2.45, 2.75) is 38.6 Å². The fraction of sp³-hybridized carbons (Fsp3) is 1.00. The van der Waals surface area contributed by atoms with E-state index in [1.807, 2.05) is 0 Å². The Labute approximate surface area is 87.7 Å². The molecule has 3 heteroatoms. The van der Waals surface area contributed by atoms with E-state index in [-0.39, 0.29) is 0 Å². The van der Waals surface area contributed by atoms with E-state index in [9.17, 15) is 0 Å². The van der Waals surface area contributed by atoms with Crippen molar-refractivity contribution in [3.05, 3.63) is 0 Å². The zero-order chi connectivity index (χ0) is 9.84. The normalized spacial score (nSPS) is 24.7. The highest BCUT2D eigenvalue weighted by atomic mass is 32.1. The number of nitrogens with zero attached hydrogens (tertiary/aromatic N) is 2. The lowest BCUT2D eigenvalue weighted by molar-refractivity contribution is 0.219. The molecule has 0 radical (unpaired) electrons. The van der Waals surface area contributed by atoms with Gasteiger partial charge in [0, 0.05) is 31.0 Å². The summed E-state index contributed by atoms with van der Waals surface area (Å²) in [6.45, 7) is 11.5. The first-order valence-corrected chi connectivity index (χ1v) is 5.79. The highest BCUT2D eigenvalue weighted by molar-refractivity contribution is 7.80. The van der Waals surface area contributed by atoms with Crippen LogP contribution >= 0.6 is 12.6 Å². The molecule has 0 saturated carbocycles. The fourth-order valence-corrected chi connectivity index (χ4v) is 2.08. The molecule has 0 amide bonds. The highest BCUT2D eigenvalue weighted by Gasteiger charge is 2.18. The van der Waals surface area contributed by atoms with Gasteiger partial charge in [-0.3, -0.25) is 9.80 Å². The number of thiol groups is 1. The third-order valence-electron chi connectivity index (χ3n) is 2.82. The molecule has 0 aliphatic carbocycles. The first kappa shape index (κ1) is 11.3. The van der Waals surface area contributed by atoms with Crippen LogP contribution in [0.4, 0.5) is 0 Å². The first-order chi connectivity index (χ1) is 6.11. The van der Waals surface area contributed by atoms with Crippen LogP contribution in [0.3, 0.4) is 0 Å². The van der Waals surface area contributed by atoms with Crippen LogP contribution in [-0.2, 0) is 0 Å². The smallest absolute Gasteiger partial charge is 0.0499 e. The average molecular weight is 202 g/mol. The van der Waals surface area contributed by atoms with Crippen LogP contribution in [0.25, 0.3) is 0 Å². The largest absolute Gasteiger partial charge is 0.300 e. The Hall–Kier alpha value is 0.270. The van der Waals surface area contributed by atoms with Gasteiger partial charge in [-0.2, -0.15) is 12.6 Å². The molecule has 1 saturated heterocycles. The Balaban J connectivity index is 2.39. The van der Waals surface area contributed by atoms with Crippen LogP contribution in [0.5, 0.6) is 0 Å². The molecule has 0 aromatic rings.